The summed E-state index contributed by atoms with van der Waals surface area (Å²) in [5, 5.41) is 1.05. The van der Waals surface area contributed by atoms with Crippen LogP contribution in [-0.4, -0.2) is 42.0 Å². The lowest BCUT2D eigenvalue weighted by molar-refractivity contribution is 0.0751. The lowest BCUT2D eigenvalue weighted by Gasteiger charge is -2.34. The van der Waals surface area contributed by atoms with Crippen LogP contribution in [0.1, 0.15) is 35.0 Å². The summed E-state index contributed by atoms with van der Waals surface area (Å²) in [6.45, 7) is 7.44. The molecule has 26 heavy (non-hydrogen) atoms. The number of amides is 1. The van der Waals surface area contributed by atoms with Crippen LogP contribution >= 0.6 is 34.3 Å². The van der Waals surface area contributed by atoms with Gasteiger partial charge in [-0.3, -0.25) is 4.79 Å². The van der Waals surface area contributed by atoms with Crippen molar-refractivity contribution in [3.05, 3.63) is 45.1 Å². The first-order valence-corrected chi connectivity index (χ1v) is 10.7. The van der Waals surface area contributed by atoms with Crippen molar-refractivity contribution in [2.45, 2.75) is 19.8 Å². The fraction of sp³-hybridized carbons (Fsp3) is 0.368. The Balaban J connectivity index is 1.49. The molecule has 3 heterocycles. The Kier molecular flexibility index (Phi) is 4.90. The normalized spacial score (nSPS) is 15.2. The standard InChI is InChI=1S/C19H20ClN3OS2/c1-12(2)13-4-3-5-14-17(13)21-19(26-14)23-10-8-22(9-11-23)18(24)15-6-7-16(20)25-15/h3-7,12H,8-11H2,1-2H3. The number of anilines is 1. The molecule has 0 unspecified atom stereocenters. The van der Waals surface area contributed by atoms with Crippen molar-refractivity contribution in [1.82, 2.24) is 9.88 Å². The van der Waals surface area contributed by atoms with E-state index < -0.39 is 0 Å². The monoisotopic (exact) mass is 405 g/mol. The van der Waals surface area contributed by atoms with E-state index >= 15 is 0 Å². The second-order valence-corrected chi connectivity index (χ2v) is 9.45. The van der Waals surface area contributed by atoms with Crippen LogP contribution in [-0.2, 0) is 0 Å². The Bertz CT molecular complexity index is 941. The van der Waals surface area contributed by atoms with Gasteiger partial charge in [0.15, 0.2) is 5.13 Å². The van der Waals surface area contributed by atoms with Crippen molar-refractivity contribution in [1.29, 1.82) is 0 Å². The van der Waals surface area contributed by atoms with Gasteiger partial charge in [-0.2, -0.15) is 0 Å². The number of hydrogen-bond donors (Lipinski definition) is 0. The van der Waals surface area contributed by atoms with Crippen molar-refractivity contribution < 1.29 is 4.79 Å². The van der Waals surface area contributed by atoms with E-state index in [1.165, 1.54) is 21.6 Å². The third-order valence-corrected chi connectivity index (χ3v) is 6.98. The zero-order valence-corrected chi connectivity index (χ0v) is 17.1. The van der Waals surface area contributed by atoms with Crippen LogP contribution in [0.2, 0.25) is 4.34 Å². The number of hydrogen-bond acceptors (Lipinski definition) is 5. The Morgan fingerprint density at radius 2 is 1.88 bits per heavy atom. The molecule has 4 nitrogen and oxygen atoms in total. The molecule has 136 valence electrons. The number of thiophene rings is 1. The summed E-state index contributed by atoms with van der Waals surface area (Å²) >= 11 is 9.04. The lowest BCUT2D eigenvalue weighted by atomic mass is 10.0. The molecule has 1 aliphatic heterocycles. The summed E-state index contributed by atoms with van der Waals surface area (Å²) in [6, 6.07) is 10.0. The summed E-state index contributed by atoms with van der Waals surface area (Å²) in [6.07, 6.45) is 0. The van der Waals surface area contributed by atoms with Gasteiger partial charge in [0, 0.05) is 26.2 Å². The molecule has 0 spiro atoms. The van der Waals surface area contributed by atoms with Gasteiger partial charge in [0.1, 0.15) is 0 Å². The molecule has 1 fully saturated rings. The highest BCUT2D eigenvalue weighted by Crippen LogP contribution is 2.34. The van der Waals surface area contributed by atoms with Crippen LogP contribution in [0.5, 0.6) is 0 Å². The topological polar surface area (TPSA) is 36.4 Å². The molecule has 4 rings (SSSR count). The minimum Gasteiger partial charge on any atom is -0.345 e. The molecular weight excluding hydrogens is 386 g/mol. The van der Waals surface area contributed by atoms with Crippen molar-refractivity contribution in [3.8, 4) is 0 Å². The molecule has 1 amide bonds. The number of thiazole rings is 1. The summed E-state index contributed by atoms with van der Waals surface area (Å²) in [5.74, 6) is 0.536. The minimum absolute atomic E-state index is 0.0768. The first-order valence-electron chi connectivity index (χ1n) is 8.72. The number of nitrogens with zero attached hydrogens (tertiary/aromatic N) is 3. The van der Waals surface area contributed by atoms with Crippen molar-refractivity contribution in [3.63, 3.8) is 0 Å². The molecule has 2 aromatic heterocycles. The Hall–Kier alpha value is -1.63. The number of rotatable bonds is 3. The largest absolute Gasteiger partial charge is 0.345 e. The van der Waals surface area contributed by atoms with E-state index in [0.717, 1.165) is 23.7 Å². The van der Waals surface area contributed by atoms with Gasteiger partial charge in [0.05, 0.1) is 19.4 Å². The smallest absolute Gasteiger partial charge is 0.264 e. The zero-order chi connectivity index (χ0) is 18.3. The molecule has 7 heteroatoms. The van der Waals surface area contributed by atoms with E-state index in [-0.39, 0.29) is 5.91 Å². The minimum atomic E-state index is 0.0768. The molecule has 0 N–H and O–H groups in total. The molecule has 0 radical (unpaired) electrons. The SMILES string of the molecule is CC(C)c1cccc2sc(N3CCN(C(=O)c4ccc(Cl)s4)CC3)nc12. The Labute approximate surface area is 166 Å². The van der Waals surface area contributed by atoms with Crippen molar-refractivity contribution in [2.75, 3.05) is 31.1 Å². The van der Waals surface area contributed by atoms with E-state index in [1.54, 1.807) is 17.4 Å². The van der Waals surface area contributed by atoms with Gasteiger partial charge < -0.3 is 9.80 Å². The molecule has 0 saturated carbocycles. The summed E-state index contributed by atoms with van der Waals surface area (Å²) in [5.41, 5.74) is 2.42. The number of halogens is 1. The number of benzene rings is 1. The first-order chi connectivity index (χ1) is 12.5. The number of fused-ring (bicyclic) bond motifs is 1. The maximum atomic E-state index is 12.6. The molecule has 1 saturated heterocycles. The number of piperazine rings is 1. The molecular formula is C19H20ClN3OS2. The number of aromatic nitrogens is 1. The van der Waals surface area contributed by atoms with Gasteiger partial charge in [-0.25, -0.2) is 4.98 Å². The van der Waals surface area contributed by atoms with E-state index in [9.17, 15) is 4.79 Å². The second-order valence-electron chi connectivity index (χ2n) is 6.73. The second kappa shape index (κ2) is 7.18. The maximum Gasteiger partial charge on any atom is 0.264 e. The van der Waals surface area contributed by atoms with Crippen LogP contribution in [0.25, 0.3) is 10.2 Å². The summed E-state index contributed by atoms with van der Waals surface area (Å²) in [4.78, 5) is 22.4. The molecule has 1 aliphatic rings. The average Bonchev–Trinajstić information content (AvgIpc) is 3.27. The third-order valence-electron chi connectivity index (χ3n) is 4.68. The predicted molar refractivity (Wildman–Crippen MR) is 111 cm³/mol. The fourth-order valence-electron chi connectivity index (χ4n) is 3.25. The zero-order valence-electron chi connectivity index (χ0n) is 14.7. The van der Waals surface area contributed by atoms with Gasteiger partial charge in [-0.05, 0) is 29.7 Å². The van der Waals surface area contributed by atoms with Crippen LogP contribution in [0, 0.1) is 0 Å². The molecule has 1 aromatic carbocycles. The highest BCUT2D eigenvalue weighted by molar-refractivity contribution is 7.22. The van der Waals surface area contributed by atoms with Crippen molar-refractivity contribution >= 4 is 55.5 Å². The van der Waals surface area contributed by atoms with Gasteiger partial charge in [0.2, 0.25) is 0 Å². The molecule has 0 atom stereocenters. The number of carbonyl (C=O) groups is 1. The van der Waals surface area contributed by atoms with Crippen LogP contribution < -0.4 is 4.90 Å². The van der Waals surface area contributed by atoms with Gasteiger partial charge in [0.25, 0.3) is 5.91 Å². The predicted octanol–water partition coefficient (Wildman–Crippen LogP) is 5.10. The molecule has 3 aromatic rings. The van der Waals surface area contributed by atoms with Crippen LogP contribution in [0.3, 0.4) is 0 Å². The molecule has 0 aliphatic carbocycles. The fourth-order valence-corrected chi connectivity index (χ4v) is 5.31. The first kappa shape index (κ1) is 17.8. The lowest BCUT2D eigenvalue weighted by Crippen LogP contribution is -2.48. The van der Waals surface area contributed by atoms with E-state index in [4.69, 9.17) is 16.6 Å². The third kappa shape index (κ3) is 3.33. The van der Waals surface area contributed by atoms with Crippen LogP contribution in [0.4, 0.5) is 5.13 Å². The van der Waals surface area contributed by atoms with E-state index in [1.807, 2.05) is 11.0 Å². The van der Waals surface area contributed by atoms with Gasteiger partial charge in [-0.15, -0.1) is 11.3 Å². The highest BCUT2D eigenvalue weighted by Gasteiger charge is 2.25. The average molecular weight is 406 g/mol. The quantitative estimate of drug-likeness (QED) is 0.608. The van der Waals surface area contributed by atoms with Crippen molar-refractivity contribution in [2.24, 2.45) is 0 Å². The van der Waals surface area contributed by atoms with Crippen LogP contribution in [0.15, 0.2) is 30.3 Å². The number of carbonyl (C=O) groups excluding carboxylic acids is 1. The highest BCUT2D eigenvalue weighted by atomic mass is 35.5. The van der Waals surface area contributed by atoms with E-state index in [2.05, 4.69) is 36.9 Å². The summed E-state index contributed by atoms with van der Waals surface area (Å²) < 4.78 is 1.89. The Morgan fingerprint density at radius 1 is 1.12 bits per heavy atom. The van der Waals surface area contributed by atoms with E-state index in [0.29, 0.717) is 28.2 Å². The van der Waals surface area contributed by atoms with Gasteiger partial charge in [-0.1, -0.05) is 48.9 Å². The summed E-state index contributed by atoms with van der Waals surface area (Å²) in [7, 11) is 0. The van der Waals surface area contributed by atoms with Gasteiger partial charge >= 0.3 is 0 Å². The molecule has 0 bridgehead atoms. The Morgan fingerprint density at radius 3 is 2.54 bits per heavy atom. The maximum absolute atomic E-state index is 12.6. The number of para-hydroxylation sites is 1.